The van der Waals surface area contributed by atoms with Crippen LogP contribution in [0, 0.1) is 0 Å². The van der Waals surface area contributed by atoms with E-state index in [1.54, 1.807) is 20.8 Å². The first-order valence-electron chi connectivity index (χ1n) is 7.76. The Morgan fingerprint density at radius 1 is 1.29 bits per heavy atom. The van der Waals surface area contributed by atoms with Gasteiger partial charge in [0.25, 0.3) is 0 Å². The molecule has 0 radical (unpaired) electrons. The molecule has 24 heavy (non-hydrogen) atoms. The number of nitrogen functional groups attached to an aromatic ring is 1. The Morgan fingerprint density at radius 2 is 1.88 bits per heavy atom. The number of carbonyl (C=O) groups excluding carboxylic acids is 1. The molecular formula is C16H24N2O5S. The summed E-state index contributed by atoms with van der Waals surface area (Å²) in [6.07, 6.45) is -1.58. The van der Waals surface area contributed by atoms with Crippen LogP contribution in [0.1, 0.15) is 27.2 Å². The summed E-state index contributed by atoms with van der Waals surface area (Å²) in [5, 5.41) is 9.33. The molecule has 3 N–H and O–H groups in total. The average Bonchev–Trinajstić information content (AvgIpc) is 2.45. The van der Waals surface area contributed by atoms with Gasteiger partial charge in [0.05, 0.1) is 22.8 Å². The van der Waals surface area contributed by atoms with Gasteiger partial charge in [0, 0.05) is 12.2 Å². The fraction of sp³-hybridized carbons (Fsp3) is 0.562. The summed E-state index contributed by atoms with van der Waals surface area (Å²) < 4.78 is 30.6. The highest BCUT2D eigenvalue weighted by Crippen LogP contribution is 2.26. The molecule has 1 aromatic rings. The van der Waals surface area contributed by atoms with Gasteiger partial charge in [-0.3, -0.25) is 0 Å². The van der Waals surface area contributed by atoms with Crippen molar-refractivity contribution in [2.24, 2.45) is 0 Å². The third-order valence-corrected chi connectivity index (χ3v) is 6.06. The average molecular weight is 356 g/mol. The summed E-state index contributed by atoms with van der Waals surface area (Å²) in [5.41, 5.74) is 5.40. The van der Waals surface area contributed by atoms with E-state index in [2.05, 4.69) is 0 Å². The molecule has 1 aliphatic heterocycles. The molecule has 2 atom stereocenters. The molecule has 0 bridgehead atoms. The quantitative estimate of drug-likeness (QED) is 0.775. The molecule has 0 unspecified atom stereocenters. The molecule has 134 valence electrons. The first-order chi connectivity index (χ1) is 11.0. The highest BCUT2D eigenvalue weighted by atomic mass is 32.2. The van der Waals surface area contributed by atoms with Gasteiger partial charge >= 0.3 is 6.09 Å². The van der Waals surface area contributed by atoms with Gasteiger partial charge in [-0.1, -0.05) is 0 Å². The monoisotopic (exact) mass is 356 g/mol. The second-order valence-corrected chi connectivity index (χ2v) is 9.10. The van der Waals surface area contributed by atoms with E-state index in [0.717, 1.165) is 0 Å². The van der Waals surface area contributed by atoms with E-state index in [1.807, 2.05) is 0 Å². The number of likely N-dealkylation sites (tertiary alicyclic amines) is 1. The number of anilines is 1. The fourth-order valence-corrected chi connectivity index (χ4v) is 4.38. The predicted molar refractivity (Wildman–Crippen MR) is 90.3 cm³/mol. The lowest BCUT2D eigenvalue weighted by Crippen LogP contribution is -2.52. The molecule has 1 saturated heterocycles. The van der Waals surface area contributed by atoms with Gasteiger partial charge in [-0.05, 0) is 51.5 Å². The molecule has 8 heteroatoms. The van der Waals surface area contributed by atoms with Gasteiger partial charge in [0.2, 0.25) is 0 Å². The van der Waals surface area contributed by atoms with Gasteiger partial charge in [0.15, 0.2) is 9.84 Å². The van der Waals surface area contributed by atoms with Crippen LogP contribution in [0.25, 0.3) is 0 Å². The first kappa shape index (κ1) is 18.5. The summed E-state index contributed by atoms with van der Waals surface area (Å²) in [6, 6.07) is 5.87. The van der Waals surface area contributed by atoms with Gasteiger partial charge in [0.1, 0.15) is 5.60 Å². The summed E-state index contributed by atoms with van der Waals surface area (Å²) >= 11 is 0. The molecule has 1 aliphatic rings. The van der Waals surface area contributed by atoms with Gasteiger partial charge in [-0.25, -0.2) is 13.2 Å². The number of β-amino-alcohol motifs (C(OH)–C–C–N with tert-alkyl or cyclic N) is 1. The summed E-state index contributed by atoms with van der Waals surface area (Å²) in [5.74, 6) is 0. The molecule has 0 spiro atoms. The number of rotatable bonds is 2. The van der Waals surface area contributed by atoms with E-state index in [0.29, 0.717) is 5.69 Å². The molecule has 0 saturated carbocycles. The zero-order valence-electron chi connectivity index (χ0n) is 14.1. The number of ether oxygens (including phenoxy) is 1. The predicted octanol–water partition coefficient (Wildman–Crippen LogP) is 1.41. The van der Waals surface area contributed by atoms with Gasteiger partial charge in [-0.2, -0.15) is 0 Å². The topological polar surface area (TPSA) is 110 Å². The van der Waals surface area contributed by atoms with Crippen LogP contribution in [0.2, 0.25) is 0 Å². The zero-order valence-corrected chi connectivity index (χ0v) is 14.9. The highest BCUT2D eigenvalue weighted by molar-refractivity contribution is 7.92. The number of hydrogen-bond acceptors (Lipinski definition) is 6. The van der Waals surface area contributed by atoms with Gasteiger partial charge < -0.3 is 20.5 Å². The van der Waals surface area contributed by atoms with E-state index in [-0.39, 0.29) is 24.4 Å². The summed E-state index contributed by atoms with van der Waals surface area (Å²) in [7, 11) is -3.70. The van der Waals surface area contributed by atoms with Crippen LogP contribution >= 0.6 is 0 Å². The van der Waals surface area contributed by atoms with Crippen molar-refractivity contribution in [3.8, 4) is 0 Å². The number of amides is 1. The fourth-order valence-electron chi connectivity index (χ4n) is 2.60. The van der Waals surface area contributed by atoms with Crippen molar-refractivity contribution < 1.29 is 23.1 Å². The Balaban J connectivity index is 2.10. The van der Waals surface area contributed by atoms with E-state index in [1.165, 1.54) is 29.2 Å². The number of piperidine rings is 1. The van der Waals surface area contributed by atoms with Gasteiger partial charge in [-0.15, -0.1) is 0 Å². The number of benzene rings is 1. The van der Waals surface area contributed by atoms with Crippen molar-refractivity contribution in [2.75, 3.05) is 18.8 Å². The summed E-state index contributed by atoms with van der Waals surface area (Å²) in [4.78, 5) is 13.5. The van der Waals surface area contributed by atoms with E-state index in [9.17, 15) is 18.3 Å². The maximum absolute atomic E-state index is 12.7. The largest absolute Gasteiger partial charge is 0.444 e. The number of aliphatic hydroxyl groups excluding tert-OH is 1. The third kappa shape index (κ3) is 4.18. The lowest BCUT2D eigenvalue weighted by molar-refractivity contribution is 0.00473. The minimum atomic E-state index is -3.70. The molecule has 2 rings (SSSR count). The second-order valence-electron chi connectivity index (χ2n) is 6.93. The van der Waals surface area contributed by atoms with Crippen molar-refractivity contribution in [2.45, 2.75) is 49.0 Å². The molecule has 0 aliphatic carbocycles. The molecular weight excluding hydrogens is 332 g/mol. The minimum absolute atomic E-state index is 0.0756. The number of nitrogens with two attached hydrogens (primary N) is 1. The van der Waals surface area contributed by atoms with Crippen molar-refractivity contribution >= 4 is 21.6 Å². The van der Waals surface area contributed by atoms with Crippen LogP contribution in [0.4, 0.5) is 10.5 Å². The van der Waals surface area contributed by atoms with Crippen molar-refractivity contribution in [1.82, 2.24) is 4.90 Å². The molecule has 0 aromatic heterocycles. The lowest BCUT2D eigenvalue weighted by Gasteiger charge is -2.36. The zero-order chi connectivity index (χ0) is 18.1. The molecule has 1 amide bonds. The van der Waals surface area contributed by atoms with Crippen LogP contribution in [0.15, 0.2) is 29.2 Å². The molecule has 1 aromatic carbocycles. The summed E-state index contributed by atoms with van der Waals surface area (Å²) in [6.45, 7) is 5.39. The van der Waals surface area contributed by atoms with Crippen LogP contribution < -0.4 is 5.73 Å². The Hall–Kier alpha value is -1.80. The Morgan fingerprint density at radius 3 is 2.38 bits per heavy atom. The number of hydrogen-bond donors (Lipinski definition) is 2. The maximum Gasteiger partial charge on any atom is 0.410 e. The van der Waals surface area contributed by atoms with E-state index in [4.69, 9.17) is 10.5 Å². The lowest BCUT2D eigenvalue weighted by atomic mass is 10.1. The number of nitrogens with zero attached hydrogens (tertiary/aromatic N) is 1. The number of aliphatic hydroxyl groups is 1. The van der Waals surface area contributed by atoms with Crippen molar-refractivity contribution in [1.29, 1.82) is 0 Å². The SMILES string of the molecule is CC(C)(C)OC(=O)N1CC[C@@H](S(=O)(=O)c2ccc(N)cc2)[C@H](O)C1. The first-order valence-corrected chi connectivity index (χ1v) is 9.31. The van der Waals surface area contributed by atoms with Crippen LogP contribution in [-0.4, -0.2) is 54.6 Å². The number of carbonyl (C=O) groups is 1. The molecule has 1 fully saturated rings. The van der Waals surface area contributed by atoms with Crippen LogP contribution in [-0.2, 0) is 14.6 Å². The maximum atomic E-state index is 12.7. The van der Waals surface area contributed by atoms with Crippen LogP contribution in [0.3, 0.4) is 0 Å². The normalized spacial score (nSPS) is 22.2. The van der Waals surface area contributed by atoms with E-state index >= 15 is 0 Å². The molecule has 7 nitrogen and oxygen atoms in total. The molecule has 1 heterocycles. The third-order valence-electron chi connectivity index (χ3n) is 3.78. The van der Waals surface area contributed by atoms with Crippen molar-refractivity contribution in [3.05, 3.63) is 24.3 Å². The minimum Gasteiger partial charge on any atom is -0.444 e. The highest BCUT2D eigenvalue weighted by Gasteiger charge is 2.40. The smallest absolute Gasteiger partial charge is 0.410 e. The Labute approximate surface area is 142 Å². The standard InChI is InChI=1S/C16H24N2O5S/c1-16(2,3)23-15(20)18-9-8-14(13(19)10-18)24(21,22)12-6-4-11(17)5-7-12/h4-7,13-14,19H,8-10,17H2,1-3H3/t13-,14-/m1/s1. The second kappa shape index (κ2) is 6.60. The van der Waals surface area contributed by atoms with E-state index < -0.39 is 32.9 Å². The number of sulfone groups is 1. The Bertz CT molecular complexity index is 694. The Kier molecular flexibility index (Phi) is 5.10. The van der Waals surface area contributed by atoms with Crippen LogP contribution in [0.5, 0.6) is 0 Å². The van der Waals surface area contributed by atoms with Crippen molar-refractivity contribution in [3.63, 3.8) is 0 Å².